The number of carboxylic acid groups (broad SMARTS) is 1. The third kappa shape index (κ3) is 5.49. The molecule has 0 aliphatic heterocycles. The smallest absolute Gasteiger partial charge is 0.545 e. The second-order valence-electron chi connectivity index (χ2n) is 6.92. The number of hydrogen-bond acceptors (Lipinski definition) is 7. The van der Waals surface area contributed by atoms with Crippen LogP contribution in [0.2, 0.25) is 0 Å². The van der Waals surface area contributed by atoms with Crippen LogP contribution in [0.15, 0.2) is 78.0 Å². The summed E-state index contributed by atoms with van der Waals surface area (Å²) in [5.41, 5.74) is 3.28. The molecule has 0 saturated heterocycles. The first-order valence-electron chi connectivity index (χ1n) is 9.74. The molecule has 0 fully saturated rings. The molecule has 0 spiro atoms. The van der Waals surface area contributed by atoms with Crippen molar-refractivity contribution >= 4 is 39.9 Å². The quantitative estimate of drug-likeness (QED) is 0.328. The second kappa shape index (κ2) is 11.2. The van der Waals surface area contributed by atoms with Crippen LogP contribution in [0.5, 0.6) is 5.75 Å². The molecule has 0 saturated carbocycles. The van der Waals surface area contributed by atoms with E-state index in [1.165, 1.54) is 19.2 Å². The summed E-state index contributed by atoms with van der Waals surface area (Å²) in [6.07, 6.45) is 3.48. The van der Waals surface area contributed by atoms with Crippen molar-refractivity contribution in [2.45, 2.75) is 10.6 Å². The number of benzene rings is 3. The number of pyridine rings is 1. The van der Waals surface area contributed by atoms with Gasteiger partial charge in [-0.3, -0.25) is 4.98 Å². The fourth-order valence-electron chi connectivity index (χ4n) is 3.40. The molecule has 6 nitrogen and oxygen atoms in total. The first-order valence-corrected chi connectivity index (χ1v) is 10.7. The first-order chi connectivity index (χ1) is 15.6. The van der Waals surface area contributed by atoms with E-state index in [1.807, 2.05) is 36.4 Å². The van der Waals surface area contributed by atoms with Crippen LogP contribution in [0.4, 0.5) is 11.4 Å². The number of thioether (sulfide) groups is 1. The topological polar surface area (TPSA) is 98.1 Å². The van der Waals surface area contributed by atoms with E-state index in [9.17, 15) is 15.2 Å². The summed E-state index contributed by atoms with van der Waals surface area (Å²) in [7, 11) is 1.51. The van der Waals surface area contributed by atoms with Gasteiger partial charge in [-0.15, -0.1) is 11.8 Å². The van der Waals surface area contributed by atoms with Crippen molar-refractivity contribution in [3.8, 4) is 11.8 Å². The Bertz CT molecular complexity index is 1350. The molecule has 1 N–H and O–H groups in total. The number of ether oxygens (including phenoxy) is 1. The SMILES string of the molecule is COc1cc(C(=O)[O-])ccc1CSc1ccncc1Nc1ccc(C#N)c2ccccc12.[Na+]. The Morgan fingerprint density at radius 2 is 1.91 bits per heavy atom. The van der Waals surface area contributed by atoms with E-state index < -0.39 is 5.97 Å². The standard InChI is InChI=1S/C25H19N3O3S.Na/c1-31-23-12-16(25(29)30)6-7-18(23)15-32-24-10-11-27-14-22(24)28-21-9-8-17(13-26)19-4-2-3-5-20(19)21;/h2-12,14,28H,15H2,1H3,(H,29,30);/q;+1/p-1. The number of nitriles is 1. The molecule has 4 rings (SSSR count). The monoisotopic (exact) mass is 463 g/mol. The van der Waals surface area contributed by atoms with Gasteiger partial charge in [0.15, 0.2) is 0 Å². The van der Waals surface area contributed by atoms with Crippen LogP contribution < -0.4 is 44.7 Å². The van der Waals surface area contributed by atoms with Gasteiger partial charge >= 0.3 is 29.6 Å². The summed E-state index contributed by atoms with van der Waals surface area (Å²) in [6.45, 7) is 0. The van der Waals surface area contributed by atoms with Gasteiger partial charge in [-0.2, -0.15) is 5.26 Å². The number of nitrogens with zero attached hydrogens (tertiary/aromatic N) is 2. The maximum Gasteiger partial charge on any atom is 1.00 e. The maximum absolute atomic E-state index is 11.1. The van der Waals surface area contributed by atoms with Crippen LogP contribution in [-0.4, -0.2) is 18.1 Å². The van der Waals surface area contributed by atoms with E-state index in [1.54, 1.807) is 36.3 Å². The van der Waals surface area contributed by atoms with Crippen molar-refractivity contribution in [2.24, 2.45) is 0 Å². The van der Waals surface area contributed by atoms with Crippen LogP contribution in [-0.2, 0) is 5.75 Å². The number of carboxylic acids is 1. The average molecular weight is 463 g/mol. The second-order valence-corrected chi connectivity index (χ2v) is 7.93. The molecule has 158 valence electrons. The summed E-state index contributed by atoms with van der Waals surface area (Å²) < 4.78 is 5.36. The largest absolute Gasteiger partial charge is 1.00 e. The summed E-state index contributed by atoms with van der Waals surface area (Å²) in [6, 6.07) is 20.3. The molecule has 0 amide bonds. The Hall–Kier alpha value is -3.02. The van der Waals surface area contributed by atoms with Crippen LogP contribution >= 0.6 is 11.8 Å². The zero-order valence-corrected chi connectivity index (χ0v) is 21.0. The number of aromatic nitrogens is 1. The number of rotatable bonds is 7. The van der Waals surface area contributed by atoms with Gasteiger partial charge in [0.2, 0.25) is 0 Å². The summed E-state index contributed by atoms with van der Waals surface area (Å²) >= 11 is 1.58. The zero-order chi connectivity index (χ0) is 22.5. The molecule has 0 aliphatic rings. The molecule has 0 radical (unpaired) electrons. The Labute approximate surface area is 217 Å². The minimum Gasteiger partial charge on any atom is -0.545 e. The van der Waals surface area contributed by atoms with Gasteiger partial charge < -0.3 is 20.0 Å². The molecular weight excluding hydrogens is 445 g/mol. The molecule has 0 aliphatic carbocycles. The number of carbonyl (C=O) groups excluding carboxylic acids is 1. The van der Waals surface area contributed by atoms with Gasteiger partial charge in [0.1, 0.15) is 5.75 Å². The van der Waals surface area contributed by atoms with Gasteiger partial charge in [0.25, 0.3) is 0 Å². The number of nitrogens with one attached hydrogen (secondary N) is 1. The summed E-state index contributed by atoms with van der Waals surface area (Å²) in [4.78, 5) is 16.3. The Kier molecular flexibility index (Phi) is 8.37. The Morgan fingerprint density at radius 1 is 1.12 bits per heavy atom. The van der Waals surface area contributed by atoms with Crippen molar-refractivity contribution in [1.82, 2.24) is 4.98 Å². The molecule has 3 aromatic carbocycles. The van der Waals surface area contributed by atoms with E-state index in [0.717, 1.165) is 32.6 Å². The maximum atomic E-state index is 11.1. The van der Waals surface area contributed by atoms with E-state index in [-0.39, 0.29) is 35.1 Å². The fourth-order valence-corrected chi connectivity index (χ4v) is 4.36. The fraction of sp³-hybridized carbons (Fsp3) is 0.0800. The van der Waals surface area contributed by atoms with Crippen LogP contribution in [0.1, 0.15) is 21.5 Å². The summed E-state index contributed by atoms with van der Waals surface area (Å²) in [5, 5.41) is 25.8. The van der Waals surface area contributed by atoms with E-state index >= 15 is 0 Å². The van der Waals surface area contributed by atoms with Gasteiger partial charge in [-0.1, -0.05) is 36.4 Å². The summed E-state index contributed by atoms with van der Waals surface area (Å²) in [5.74, 6) is -0.165. The van der Waals surface area contributed by atoms with E-state index in [2.05, 4.69) is 16.4 Å². The number of hydrogen-bond donors (Lipinski definition) is 1. The van der Waals surface area contributed by atoms with Crippen LogP contribution in [0, 0.1) is 11.3 Å². The van der Waals surface area contributed by atoms with Crippen LogP contribution in [0.3, 0.4) is 0 Å². The molecule has 0 bridgehead atoms. The predicted molar refractivity (Wildman–Crippen MR) is 123 cm³/mol. The number of methoxy groups -OCH3 is 1. The number of anilines is 2. The van der Waals surface area contributed by atoms with Gasteiger partial charge in [-0.05, 0) is 24.3 Å². The molecule has 4 aromatic rings. The minimum atomic E-state index is -1.24. The van der Waals surface area contributed by atoms with Gasteiger partial charge in [-0.25, -0.2) is 0 Å². The molecule has 0 atom stereocenters. The molecule has 0 unspecified atom stereocenters. The Morgan fingerprint density at radius 3 is 2.64 bits per heavy atom. The van der Waals surface area contributed by atoms with Crippen molar-refractivity contribution in [3.05, 3.63) is 89.7 Å². The van der Waals surface area contributed by atoms with Crippen LogP contribution in [0.25, 0.3) is 10.8 Å². The predicted octanol–water partition coefficient (Wildman–Crippen LogP) is 1.52. The van der Waals surface area contributed by atoms with E-state index in [4.69, 9.17) is 4.74 Å². The molecule has 1 aromatic heterocycles. The van der Waals surface area contributed by atoms with Gasteiger partial charge in [0, 0.05) is 44.4 Å². The molecule has 33 heavy (non-hydrogen) atoms. The third-order valence-corrected chi connectivity index (χ3v) is 6.12. The number of fused-ring (bicyclic) bond motifs is 1. The number of aromatic carboxylic acids is 1. The normalized spacial score (nSPS) is 10.2. The average Bonchev–Trinajstić information content (AvgIpc) is 2.83. The van der Waals surface area contributed by atoms with Gasteiger partial charge in [0.05, 0.1) is 36.6 Å². The van der Waals surface area contributed by atoms with Crippen molar-refractivity contribution in [3.63, 3.8) is 0 Å². The third-order valence-electron chi connectivity index (χ3n) is 5.00. The molecular formula is C25H18N3NaO3S. The zero-order valence-electron chi connectivity index (χ0n) is 18.2. The van der Waals surface area contributed by atoms with Crippen molar-refractivity contribution < 1.29 is 44.2 Å². The Balaban J connectivity index is 0.00000306. The van der Waals surface area contributed by atoms with Crippen molar-refractivity contribution in [1.29, 1.82) is 5.26 Å². The minimum absolute atomic E-state index is 0. The molecule has 8 heteroatoms. The molecule has 1 heterocycles. The number of carbonyl (C=O) groups is 1. The van der Waals surface area contributed by atoms with E-state index in [0.29, 0.717) is 17.1 Å². The van der Waals surface area contributed by atoms with Crippen molar-refractivity contribution in [2.75, 3.05) is 12.4 Å². The first kappa shape index (κ1) is 24.6.